The lowest BCUT2D eigenvalue weighted by molar-refractivity contribution is -0.138. The van der Waals surface area contributed by atoms with Crippen LogP contribution in [0.25, 0.3) is 0 Å². The Morgan fingerprint density at radius 2 is 2.23 bits per heavy atom. The maximum Gasteiger partial charge on any atom is 0.303 e. The van der Waals surface area contributed by atoms with Gasteiger partial charge < -0.3 is 9.84 Å². The van der Waals surface area contributed by atoms with E-state index in [4.69, 9.17) is 9.84 Å². The van der Waals surface area contributed by atoms with Crippen LogP contribution in [-0.4, -0.2) is 44.0 Å². The summed E-state index contributed by atoms with van der Waals surface area (Å²) in [7, 11) is -2.14. The Hall–Kier alpha value is -1.12. The van der Waals surface area contributed by atoms with Gasteiger partial charge in [0.15, 0.2) is 0 Å². The number of benzene rings is 1. The third-order valence-corrected chi connectivity index (χ3v) is 6.54. The number of sulfonamides is 1. The number of carboxylic acid groups (broad SMARTS) is 1. The van der Waals surface area contributed by atoms with Gasteiger partial charge in [0, 0.05) is 24.0 Å². The molecule has 1 aliphatic rings. The second-order valence-electron chi connectivity index (χ2n) is 5.27. The summed E-state index contributed by atoms with van der Waals surface area (Å²) in [5.74, 6) is -0.471. The molecule has 1 saturated heterocycles. The average Bonchev–Trinajstić information content (AvgIpc) is 2.46. The normalized spacial score (nSPS) is 19.8. The third kappa shape index (κ3) is 3.80. The van der Waals surface area contributed by atoms with E-state index in [-0.39, 0.29) is 23.8 Å². The lowest BCUT2D eigenvalue weighted by atomic mass is 9.96. The van der Waals surface area contributed by atoms with Crippen molar-refractivity contribution in [3.8, 4) is 5.75 Å². The Bertz CT molecular complexity index is 661. The van der Waals surface area contributed by atoms with Crippen LogP contribution in [0, 0.1) is 5.92 Å². The van der Waals surface area contributed by atoms with Crippen LogP contribution < -0.4 is 4.74 Å². The van der Waals surface area contributed by atoms with Crippen molar-refractivity contribution in [2.24, 2.45) is 5.92 Å². The molecule has 1 heterocycles. The van der Waals surface area contributed by atoms with E-state index in [2.05, 4.69) is 15.9 Å². The van der Waals surface area contributed by atoms with Crippen LogP contribution >= 0.6 is 15.9 Å². The summed E-state index contributed by atoms with van der Waals surface area (Å²) in [6, 6.07) is 4.70. The van der Waals surface area contributed by atoms with Crippen molar-refractivity contribution in [1.29, 1.82) is 0 Å². The highest BCUT2D eigenvalue weighted by atomic mass is 79.9. The fraction of sp³-hybridized carbons (Fsp3) is 0.500. The average molecular weight is 392 g/mol. The van der Waals surface area contributed by atoms with Crippen LogP contribution in [0.3, 0.4) is 0 Å². The summed E-state index contributed by atoms with van der Waals surface area (Å²) in [5, 5.41) is 8.88. The minimum Gasteiger partial charge on any atom is -0.497 e. The van der Waals surface area contributed by atoms with Gasteiger partial charge in [0.05, 0.1) is 12.0 Å². The zero-order valence-electron chi connectivity index (χ0n) is 12.2. The molecule has 0 spiro atoms. The molecule has 1 N–H and O–H groups in total. The van der Waals surface area contributed by atoms with Crippen molar-refractivity contribution in [2.75, 3.05) is 20.2 Å². The predicted molar refractivity (Wildman–Crippen MR) is 84.4 cm³/mol. The minimum atomic E-state index is -3.65. The molecule has 0 aromatic heterocycles. The molecular formula is C14H18BrNO5S. The number of aliphatic carboxylic acids is 1. The number of piperidine rings is 1. The smallest absolute Gasteiger partial charge is 0.303 e. The van der Waals surface area contributed by atoms with E-state index in [1.165, 1.54) is 17.5 Å². The summed E-state index contributed by atoms with van der Waals surface area (Å²) >= 11 is 3.27. The fourth-order valence-electron chi connectivity index (χ4n) is 2.62. The van der Waals surface area contributed by atoms with Gasteiger partial charge in [0.25, 0.3) is 0 Å². The molecular weight excluding hydrogens is 374 g/mol. The minimum absolute atomic E-state index is 0.00416. The highest BCUT2D eigenvalue weighted by molar-refractivity contribution is 9.10. The standard InChI is InChI=1S/C14H18BrNO5S/c1-21-11-4-5-13(12(15)8-11)22(19,20)16-6-2-3-10(9-16)7-14(17)18/h4-5,8,10H,2-3,6-7,9H2,1H3,(H,17,18). The van der Waals surface area contributed by atoms with E-state index >= 15 is 0 Å². The number of hydrogen-bond donors (Lipinski definition) is 1. The summed E-state index contributed by atoms with van der Waals surface area (Å²) in [6.07, 6.45) is 1.41. The first-order chi connectivity index (χ1) is 10.3. The molecule has 1 aromatic rings. The number of ether oxygens (including phenoxy) is 1. The third-order valence-electron chi connectivity index (χ3n) is 3.70. The van der Waals surface area contributed by atoms with Gasteiger partial charge in [-0.3, -0.25) is 4.79 Å². The van der Waals surface area contributed by atoms with Crippen molar-refractivity contribution in [3.05, 3.63) is 22.7 Å². The van der Waals surface area contributed by atoms with Crippen molar-refractivity contribution in [3.63, 3.8) is 0 Å². The number of methoxy groups -OCH3 is 1. The van der Waals surface area contributed by atoms with Crippen molar-refractivity contribution < 1.29 is 23.1 Å². The highest BCUT2D eigenvalue weighted by Crippen LogP contribution is 2.31. The number of nitrogens with zero attached hydrogens (tertiary/aromatic N) is 1. The first kappa shape index (κ1) is 17.2. The molecule has 0 bridgehead atoms. The van der Waals surface area contributed by atoms with Crippen molar-refractivity contribution in [1.82, 2.24) is 4.31 Å². The first-order valence-corrected chi connectivity index (χ1v) is 9.13. The molecule has 1 fully saturated rings. The molecule has 1 aliphatic heterocycles. The van der Waals surface area contributed by atoms with Crippen LogP contribution in [0.4, 0.5) is 0 Å². The Kier molecular flexibility index (Phi) is 5.46. The number of halogens is 1. The van der Waals surface area contributed by atoms with E-state index in [0.717, 1.165) is 6.42 Å². The van der Waals surface area contributed by atoms with Gasteiger partial charge in [0.1, 0.15) is 5.75 Å². The van der Waals surface area contributed by atoms with Crippen molar-refractivity contribution >= 4 is 31.9 Å². The zero-order valence-corrected chi connectivity index (χ0v) is 14.6. The SMILES string of the molecule is COc1ccc(S(=O)(=O)N2CCCC(CC(=O)O)C2)c(Br)c1. The maximum atomic E-state index is 12.7. The van der Waals surface area contributed by atoms with Gasteiger partial charge in [-0.2, -0.15) is 4.31 Å². The molecule has 1 aromatic carbocycles. The van der Waals surface area contributed by atoms with Crippen LogP contribution in [0.5, 0.6) is 5.75 Å². The van der Waals surface area contributed by atoms with E-state index in [0.29, 0.717) is 23.2 Å². The van der Waals surface area contributed by atoms with Gasteiger partial charge >= 0.3 is 5.97 Å². The van der Waals surface area contributed by atoms with E-state index < -0.39 is 16.0 Å². The molecule has 1 atom stereocenters. The van der Waals surface area contributed by atoms with Crippen LogP contribution in [0.1, 0.15) is 19.3 Å². The van der Waals surface area contributed by atoms with Gasteiger partial charge in [-0.25, -0.2) is 8.42 Å². The lowest BCUT2D eigenvalue weighted by Crippen LogP contribution is -2.40. The van der Waals surface area contributed by atoms with Crippen LogP contribution in [0.15, 0.2) is 27.6 Å². The number of carboxylic acids is 1. The quantitative estimate of drug-likeness (QED) is 0.832. The molecule has 0 radical (unpaired) electrons. The van der Waals surface area contributed by atoms with E-state index in [9.17, 15) is 13.2 Å². The van der Waals surface area contributed by atoms with Gasteiger partial charge in [-0.05, 0) is 52.9 Å². The Morgan fingerprint density at radius 3 is 2.82 bits per heavy atom. The molecule has 122 valence electrons. The van der Waals surface area contributed by atoms with Crippen molar-refractivity contribution in [2.45, 2.75) is 24.2 Å². The molecule has 8 heteroatoms. The largest absolute Gasteiger partial charge is 0.497 e. The molecule has 0 aliphatic carbocycles. The molecule has 6 nitrogen and oxygen atoms in total. The number of rotatable bonds is 5. The molecule has 1 unspecified atom stereocenters. The Labute approximate surface area is 138 Å². The maximum absolute atomic E-state index is 12.7. The summed E-state index contributed by atoms with van der Waals surface area (Å²) in [6.45, 7) is 0.657. The topological polar surface area (TPSA) is 83.9 Å². The van der Waals surface area contributed by atoms with Crippen LogP contribution in [0.2, 0.25) is 0 Å². The molecule has 0 amide bonds. The Morgan fingerprint density at radius 1 is 1.50 bits per heavy atom. The Balaban J connectivity index is 2.24. The first-order valence-electron chi connectivity index (χ1n) is 6.90. The number of carbonyl (C=O) groups is 1. The number of hydrogen-bond acceptors (Lipinski definition) is 4. The molecule has 0 saturated carbocycles. The zero-order chi connectivity index (χ0) is 16.3. The van der Waals surface area contributed by atoms with Gasteiger partial charge in [0.2, 0.25) is 10.0 Å². The molecule has 2 rings (SSSR count). The fourth-order valence-corrected chi connectivity index (χ4v) is 5.19. The van der Waals surface area contributed by atoms with Crippen LogP contribution in [-0.2, 0) is 14.8 Å². The highest BCUT2D eigenvalue weighted by Gasteiger charge is 2.32. The van der Waals surface area contributed by atoms with E-state index in [1.54, 1.807) is 12.1 Å². The molecule has 22 heavy (non-hydrogen) atoms. The second kappa shape index (κ2) is 6.97. The summed E-state index contributed by atoms with van der Waals surface area (Å²) in [5.41, 5.74) is 0. The predicted octanol–water partition coefficient (Wildman–Crippen LogP) is 2.33. The van der Waals surface area contributed by atoms with E-state index in [1.807, 2.05) is 0 Å². The monoisotopic (exact) mass is 391 g/mol. The summed E-state index contributed by atoms with van der Waals surface area (Å²) < 4.78 is 32.4. The summed E-state index contributed by atoms with van der Waals surface area (Å²) in [4.78, 5) is 11.0. The van der Waals surface area contributed by atoms with Gasteiger partial charge in [-0.1, -0.05) is 0 Å². The second-order valence-corrected chi connectivity index (χ2v) is 8.03. The van der Waals surface area contributed by atoms with Gasteiger partial charge in [-0.15, -0.1) is 0 Å². The lowest BCUT2D eigenvalue weighted by Gasteiger charge is -2.31.